The van der Waals surface area contributed by atoms with Crippen LogP contribution in [0.25, 0.3) is 0 Å². The second kappa shape index (κ2) is 11.7. The van der Waals surface area contributed by atoms with Gasteiger partial charge in [-0.15, -0.1) is 11.3 Å². The second-order valence-corrected chi connectivity index (χ2v) is 9.71. The maximum atomic E-state index is 12.7. The number of aromatic nitrogens is 1. The average molecular weight is 494 g/mol. The number of Topliss-reactive ketones (excluding diaryl/α,β-unsaturated/α-hetero) is 1. The number of hydrogen-bond donors (Lipinski definition) is 1. The molecule has 2 heterocycles. The van der Waals surface area contributed by atoms with Gasteiger partial charge in [0, 0.05) is 28.7 Å². The zero-order chi connectivity index (χ0) is 24.6. The number of thiophene rings is 1. The number of nitriles is 1. The summed E-state index contributed by atoms with van der Waals surface area (Å²) < 4.78 is 15.6. The molecule has 0 bridgehead atoms. The number of carbonyl (C=O) groups excluding carboxylic acids is 2. The Labute approximate surface area is 207 Å². The number of benzene rings is 1. The van der Waals surface area contributed by atoms with Gasteiger partial charge in [-0.05, 0) is 54.9 Å². The summed E-state index contributed by atoms with van der Waals surface area (Å²) >= 11 is 1.55. The molecule has 9 heteroatoms. The number of fused-ring (bicyclic) bond motifs is 1. The first-order chi connectivity index (χ1) is 17.1. The van der Waals surface area contributed by atoms with Crippen LogP contribution in [0.1, 0.15) is 45.0 Å². The van der Waals surface area contributed by atoms with Gasteiger partial charge < -0.3 is 19.3 Å². The number of amides is 1. The van der Waals surface area contributed by atoms with E-state index in [1.54, 1.807) is 24.5 Å². The highest BCUT2D eigenvalue weighted by molar-refractivity contribution is 7.12. The van der Waals surface area contributed by atoms with E-state index in [9.17, 15) is 14.9 Å². The molecule has 0 aliphatic heterocycles. The Bertz CT molecular complexity index is 1210. The quantitative estimate of drug-likeness (QED) is 0.445. The van der Waals surface area contributed by atoms with Gasteiger partial charge in [-0.3, -0.25) is 4.79 Å². The summed E-state index contributed by atoms with van der Waals surface area (Å²) in [6, 6.07) is 11.7. The fourth-order valence-corrected chi connectivity index (χ4v) is 5.67. The van der Waals surface area contributed by atoms with E-state index in [1.807, 2.05) is 24.3 Å². The van der Waals surface area contributed by atoms with Crippen molar-refractivity contribution >= 4 is 23.2 Å². The molecule has 1 N–H and O–H groups in total. The molecule has 2 aromatic heterocycles. The van der Waals surface area contributed by atoms with Crippen molar-refractivity contribution in [2.45, 2.75) is 45.1 Å². The van der Waals surface area contributed by atoms with Crippen LogP contribution >= 0.6 is 11.3 Å². The van der Waals surface area contributed by atoms with Crippen LogP contribution in [0.15, 0.2) is 41.1 Å². The molecule has 4 rings (SSSR count). The van der Waals surface area contributed by atoms with Gasteiger partial charge in [-0.1, -0.05) is 17.3 Å². The van der Waals surface area contributed by atoms with Gasteiger partial charge in [0.1, 0.15) is 17.6 Å². The Morgan fingerprint density at radius 3 is 3.00 bits per heavy atom. The van der Waals surface area contributed by atoms with Crippen LogP contribution in [-0.2, 0) is 41.8 Å². The third-order valence-corrected chi connectivity index (χ3v) is 7.34. The average Bonchev–Trinajstić information content (AvgIpc) is 3.52. The van der Waals surface area contributed by atoms with Gasteiger partial charge in [0.05, 0.1) is 32.0 Å². The van der Waals surface area contributed by atoms with Crippen molar-refractivity contribution in [1.29, 1.82) is 5.26 Å². The van der Waals surface area contributed by atoms with Crippen LogP contribution in [0.3, 0.4) is 0 Å². The summed E-state index contributed by atoms with van der Waals surface area (Å²) in [4.78, 5) is 26.6. The molecule has 1 aliphatic carbocycles. The number of methoxy groups -OCH3 is 1. The third-order valence-electron chi connectivity index (χ3n) is 6.08. The third kappa shape index (κ3) is 6.49. The fraction of sp³-hybridized carbons (Fsp3) is 0.385. The number of nitrogens with one attached hydrogen (secondary N) is 1. The van der Waals surface area contributed by atoms with Crippen molar-refractivity contribution in [3.63, 3.8) is 0 Å². The fourth-order valence-electron chi connectivity index (χ4n) is 4.22. The van der Waals surface area contributed by atoms with E-state index in [-0.39, 0.29) is 24.7 Å². The van der Waals surface area contributed by atoms with Crippen LogP contribution in [0.5, 0.6) is 5.75 Å². The summed E-state index contributed by atoms with van der Waals surface area (Å²) in [7, 11) is 1.62. The molecule has 0 saturated heterocycles. The largest absolute Gasteiger partial charge is 0.497 e. The predicted molar refractivity (Wildman–Crippen MR) is 129 cm³/mol. The standard InChI is InChI=1S/C26H27N3O5S/c1-32-20-4-2-3-17(11-20)5-7-19(30)13-25-23(14-27)22-8-6-18(12-24(22)35-25)16-33-26(31)28-15-21-9-10-29-34-21/h2-4,9-11,18H,5-8,12-13,15-16H2,1H3,(H,28,31). The van der Waals surface area contributed by atoms with Crippen LogP contribution in [-0.4, -0.2) is 30.7 Å². The molecule has 0 saturated carbocycles. The summed E-state index contributed by atoms with van der Waals surface area (Å²) in [5, 5.41) is 16.0. The van der Waals surface area contributed by atoms with Crippen LogP contribution in [0.4, 0.5) is 4.79 Å². The van der Waals surface area contributed by atoms with E-state index in [4.69, 9.17) is 14.0 Å². The molecule has 8 nitrogen and oxygen atoms in total. The number of rotatable bonds is 10. The number of hydrogen-bond acceptors (Lipinski definition) is 8. The lowest BCUT2D eigenvalue weighted by molar-refractivity contribution is -0.118. The number of ketones is 1. The molecule has 1 aliphatic rings. The zero-order valence-corrected chi connectivity index (χ0v) is 20.4. The van der Waals surface area contributed by atoms with E-state index >= 15 is 0 Å². The van der Waals surface area contributed by atoms with E-state index < -0.39 is 6.09 Å². The lowest BCUT2D eigenvalue weighted by Crippen LogP contribution is -2.27. The molecular weight excluding hydrogens is 466 g/mol. The highest BCUT2D eigenvalue weighted by Crippen LogP contribution is 2.36. The van der Waals surface area contributed by atoms with Gasteiger partial charge in [-0.25, -0.2) is 4.79 Å². The maximum absolute atomic E-state index is 12.7. The Hall–Kier alpha value is -3.64. The molecule has 3 aromatic rings. The van der Waals surface area contributed by atoms with Crippen molar-refractivity contribution in [2.75, 3.05) is 13.7 Å². The number of aryl methyl sites for hydroxylation is 1. The van der Waals surface area contributed by atoms with Crippen LogP contribution in [0, 0.1) is 17.2 Å². The number of carbonyl (C=O) groups is 2. The summed E-state index contributed by atoms with van der Waals surface area (Å²) in [6.07, 6.45) is 4.66. The first kappa shape index (κ1) is 24.5. The lowest BCUT2D eigenvalue weighted by atomic mass is 9.87. The maximum Gasteiger partial charge on any atom is 0.407 e. The molecule has 0 spiro atoms. The number of alkyl carbamates (subject to hydrolysis) is 1. The van der Waals surface area contributed by atoms with Gasteiger partial charge in [0.2, 0.25) is 0 Å². The van der Waals surface area contributed by atoms with Gasteiger partial charge in [0.25, 0.3) is 0 Å². The lowest BCUT2D eigenvalue weighted by Gasteiger charge is -2.21. The molecule has 0 radical (unpaired) electrons. The highest BCUT2D eigenvalue weighted by atomic mass is 32.1. The molecular formula is C26H27N3O5S. The molecule has 1 unspecified atom stereocenters. The number of nitrogens with zero attached hydrogens (tertiary/aromatic N) is 2. The molecule has 1 amide bonds. The first-order valence-corrected chi connectivity index (χ1v) is 12.4. The van der Waals surface area contributed by atoms with Gasteiger partial charge in [-0.2, -0.15) is 5.26 Å². The molecule has 182 valence electrons. The van der Waals surface area contributed by atoms with E-state index in [2.05, 4.69) is 16.5 Å². The minimum Gasteiger partial charge on any atom is -0.497 e. The van der Waals surface area contributed by atoms with Crippen molar-refractivity contribution in [1.82, 2.24) is 10.5 Å². The Morgan fingerprint density at radius 1 is 1.34 bits per heavy atom. The van der Waals surface area contributed by atoms with Gasteiger partial charge >= 0.3 is 6.09 Å². The van der Waals surface area contributed by atoms with Crippen LogP contribution < -0.4 is 10.1 Å². The molecule has 1 atom stereocenters. The Morgan fingerprint density at radius 2 is 2.23 bits per heavy atom. The van der Waals surface area contributed by atoms with Gasteiger partial charge in [0.15, 0.2) is 5.76 Å². The zero-order valence-electron chi connectivity index (χ0n) is 19.5. The second-order valence-electron chi connectivity index (χ2n) is 8.52. The number of ether oxygens (including phenoxy) is 2. The summed E-state index contributed by atoms with van der Waals surface area (Å²) in [6.45, 7) is 0.523. The Kier molecular flexibility index (Phi) is 8.16. The SMILES string of the molecule is COc1cccc(CCC(=O)Cc2sc3c(c2C#N)CCC(COC(=O)NCc2ccno2)C3)c1. The monoisotopic (exact) mass is 493 g/mol. The van der Waals surface area contributed by atoms with Crippen molar-refractivity contribution < 1.29 is 23.6 Å². The molecule has 1 aromatic carbocycles. The van der Waals surface area contributed by atoms with E-state index in [0.29, 0.717) is 30.8 Å². The summed E-state index contributed by atoms with van der Waals surface area (Å²) in [5.41, 5.74) is 2.76. The van der Waals surface area contributed by atoms with E-state index in [1.165, 1.54) is 6.20 Å². The highest BCUT2D eigenvalue weighted by Gasteiger charge is 2.27. The van der Waals surface area contributed by atoms with Crippen molar-refractivity contribution in [2.24, 2.45) is 5.92 Å². The summed E-state index contributed by atoms with van der Waals surface area (Å²) in [5.74, 6) is 1.63. The topological polar surface area (TPSA) is 114 Å². The van der Waals surface area contributed by atoms with Crippen LogP contribution in [0.2, 0.25) is 0 Å². The molecule has 35 heavy (non-hydrogen) atoms. The smallest absolute Gasteiger partial charge is 0.407 e. The minimum atomic E-state index is -0.501. The molecule has 0 fully saturated rings. The van der Waals surface area contributed by atoms with E-state index in [0.717, 1.165) is 45.9 Å². The Balaban J connectivity index is 1.29. The first-order valence-electron chi connectivity index (χ1n) is 11.5. The van der Waals surface area contributed by atoms with Crippen molar-refractivity contribution in [3.8, 4) is 11.8 Å². The predicted octanol–water partition coefficient (Wildman–Crippen LogP) is 4.39. The van der Waals surface area contributed by atoms with Crippen molar-refractivity contribution in [3.05, 3.63) is 68.7 Å². The normalized spacial score (nSPS) is 14.6. The minimum absolute atomic E-state index is 0.117.